The zero-order valence-corrected chi connectivity index (χ0v) is 57.6. The van der Waals surface area contributed by atoms with Crippen LogP contribution in [0.25, 0.3) is 0 Å². The molecule has 19 nitrogen and oxygen atoms in total. The van der Waals surface area contributed by atoms with Crippen LogP contribution in [0.3, 0.4) is 0 Å². The number of aliphatic hydroxyl groups is 1. The van der Waals surface area contributed by atoms with Crippen LogP contribution in [0.4, 0.5) is 0 Å². The lowest BCUT2D eigenvalue weighted by Crippen LogP contribution is -2.31. The highest BCUT2D eigenvalue weighted by Crippen LogP contribution is 2.41. The number of unbranched alkanes of at least 4 members (excludes halogenated alkanes) is 40. The fourth-order valence-electron chi connectivity index (χ4n) is 9.80. The summed E-state index contributed by atoms with van der Waals surface area (Å²) in [5.41, 5.74) is 0. The minimum atomic E-state index is -5.21. The molecular formula is C65H132N2O17P2. The Kier molecular flexibility index (Phi) is 66.1. The average molecular weight is 1280 g/mol. The first kappa shape index (κ1) is 88.2. The van der Waals surface area contributed by atoms with Gasteiger partial charge in [-0.25, -0.2) is 0 Å². The molecule has 0 saturated heterocycles. The van der Waals surface area contributed by atoms with Gasteiger partial charge in [0.05, 0.1) is 26.4 Å². The van der Waals surface area contributed by atoms with Crippen LogP contribution in [0.2, 0.25) is 0 Å². The summed E-state index contributed by atoms with van der Waals surface area (Å²) in [6.07, 6.45) is 45.0. The van der Waals surface area contributed by atoms with Crippen LogP contribution in [0.1, 0.15) is 336 Å². The van der Waals surface area contributed by atoms with E-state index in [2.05, 4.69) is 27.7 Å². The monoisotopic (exact) mass is 1270 g/mol. The second kappa shape index (κ2) is 64.5. The van der Waals surface area contributed by atoms with Crippen LogP contribution in [0.5, 0.6) is 0 Å². The molecule has 9 N–H and O–H groups in total. The second-order valence-electron chi connectivity index (χ2n) is 23.5. The standard InChI is InChI=1S/C65H126O17P2.2H3N/c1-5-9-13-17-21-25-29-33-37-41-45-49-62(67)75-55-60(81-64(69)51-47-43-39-35-31-27-23-19-15-11-7-3)57-79-83(71,72)77-53-59(66)54-78-84(73,74)80-58-61(82-65(70)52-48-44-40-36-32-28-24-20-16-12-8-4)56-76-63(68)50-46-42-38-34-30-26-22-18-14-10-6-2;;/h59-61,66H,5-58H2,1-4H3,(H,71,72)(H,73,74);2*1H3/t60-,61-;;/m1../s1. The van der Waals surface area contributed by atoms with Crippen molar-refractivity contribution in [3.8, 4) is 0 Å². The number of rotatable bonds is 66. The molecule has 0 aliphatic carbocycles. The molecular weight excluding hydrogens is 1140 g/mol. The van der Waals surface area contributed by atoms with Gasteiger partial charge in [0, 0.05) is 25.7 Å². The Labute approximate surface area is 523 Å². The Morgan fingerprint density at radius 1 is 0.302 bits per heavy atom. The second-order valence-corrected chi connectivity index (χ2v) is 26.3. The van der Waals surface area contributed by atoms with Crippen molar-refractivity contribution in [3.05, 3.63) is 0 Å². The van der Waals surface area contributed by atoms with Crippen molar-refractivity contribution in [2.45, 2.75) is 354 Å². The molecule has 4 atom stereocenters. The summed E-state index contributed by atoms with van der Waals surface area (Å²) in [5, 5.41) is 10.5. The summed E-state index contributed by atoms with van der Waals surface area (Å²) in [5.74, 6) is -2.22. The lowest BCUT2D eigenvalue weighted by atomic mass is 10.1. The van der Waals surface area contributed by atoms with E-state index < -0.39 is 97.5 Å². The van der Waals surface area contributed by atoms with Crippen LogP contribution < -0.4 is 22.1 Å². The molecule has 0 radical (unpaired) electrons. The predicted molar refractivity (Wildman–Crippen MR) is 343 cm³/mol. The minimum absolute atomic E-state index is 0. The van der Waals surface area contributed by atoms with Gasteiger partial charge in [-0.15, -0.1) is 0 Å². The van der Waals surface area contributed by atoms with E-state index in [4.69, 9.17) is 37.0 Å². The Bertz CT molecular complexity index is 1520. The molecule has 0 heterocycles. The minimum Gasteiger partial charge on any atom is -0.756 e. The van der Waals surface area contributed by atoms with E-state index in [0.717, 1.165) is 89.9 Å². The summed E-state index contributed by atoms with van der Waals surface area (Å²) in [6.45, 7) is 4.49. The van der Waals surface area contributed by atoms with Crippen molar-refractivity contribution >= 4 is 39.5 Å². The summed E-state index contributed by atoms with van der Waals surface area (Å²) < 4.78 is 67.2. The number of ether oxygens (including phenoxy) is 4. The Morgan fingerprint density at radius 2 is 0.488 bits per heavy atom. The zero-order valence-electron chi connectivity index (χ0n) is 55.8. The van der Waals surface area contributed by atoms with Crippen LogP contribution >= 0.6 is 15.6 Å². The summed E-state index contributed by atoms with van der Waals surface area (Å²) in [6, 6.07) is 0. The van der Waals surface area contributed by atoms with Gasteiger partial charge in [-0.3, -0.25) is 28.3 Å². The third-order valence-electron chi connectivity index (χ3n) is 15.1. The van der Waals surface area contributed by atoms with Gasteiger partial charge in [-0.2, -0.15) is 0 Å². The van der Waals surface area contributed by atoms with Crippen molar-refractivity contribution in [1.29, 1.82) is 0 Å². The van der Waals surface area contributed by atoms with E-state index >= 15 is 0 Å². The van der Waals surface area contributed by atoms with E-state index in [9.17, 15) is 43.2 Å². The maximum absolute atomic E-state index is 12.9. The van der Waals surface area contributed by atoms with Crippen LogP contribution in [-0.4, -0.2) is 86.9 Å². The van der Waals surface area contributed by atoms with Crippen molar-refractivity contribution in [2.75, 3.05) is 39.6 Å². The number of hydrogen-bond acceptors (Lipinski definition) is 17. The molecule has 0 bridgehead atoms. The highest BCUT2D eigenvalue weighted by atomic mass is 31.2. The van der Waals surface area contributed by atoms with E-state index in [1.54, 1.807) is 0 Å². The Hall–Kier alpha value is -2.02. The number of phosphoric acid groups is 2. The summed E-state index contributed by atoms with van der Waals surface area (Å²) in [7, 11) is -10.4. The van der Waals surface area contributed by atoms with Crippen molar-refractivity contribution in [2.24, 2.45) is 0 Å². The van der Waals surface area contributed by atoms with Gasteiger partial charge in [-0.1, -0.05) is 285 Å². The summed E-state index contributed by atoms with van der Waals surface area (Å²) >= 11 is 0. The number of esters is 4. The van der Waals surface area contributed by atoms with Gasteiger partial charge in [0.25, 0.3) is 15.6 Å². The average Bonchev–Trinajstić information content (AvgIpc) is 3.69. The number of quaternary nitrogens is 2. The largest absolute Gasteiger partial charge is 0.756 e. The highest BCUT2D eigenvalue weighted by Gasteiger charge is 2.25. The molecule has 0 amide bonds. The van der Waals surface area contributed by atoms with Gasteiger partial charge in [0.15, 0.2) is 12.2 Å². The van der Waals surface area contributed by atoms with Crippen LogP contribution in [0, 0.1) is 0 Å². The molecule has 0 aromatic heterocycles. The number of phosphoric ester groups is 2. The molecule has 86 heavy (non-hydrogen) atoms. The highest BCUT2D eigenvalue weighted by molar-refractivity contribution is 7.46. The predicted octanol–water partition coefficient (Wildman–Crippen LogP) is 17.8. The quantitative estimate of drug-likeness (QED) is 0.0220. The normalized spacial score (nSPS) is 13.8. The molecule has 21 heteroatoms. The first-order valence-corrected chi connectivity index (χ1v) is 37.2. The van der Waals surface area contributed by atoms with E-state index in [1.807, 2.05) is 0 Å². The van der Waals surface area contributed by atoms with Gasteiger partial charge >= 0.3 is 23.9 Å². The number of carbonyl (C=O) groups is 4. The lowest BCUT2D eigenvalue weighted by Gasteiger charge is -2.28. The number of hydrogen-bond donors (Lipinski definition) is 3. The molecule has 514 valence electrons. The third kappa shape index (κ3) is 63.5. The van der Waals surface area contributed by atoms with Crippen molar-refractivity contribution < 1.29 is 80.2 Å². The summed E-state index contributed by atoms with van der Waals surface area (Å²) in [4.78, 5) is 76.8. The fourth-order valence-corrected chi connectivity index (χ4v) is 11.4. The maximum Gasteiger partial charge on any atom is 0.306 e. The molecule has 0 fully saturated rings. The number of carbonyl (C=O) groups excluding carboxylic acids is 4. The van der Waals surface area contributed by atoms with Gasteiger partial charge in [0.2, 0.25) is 0 Å². The van der Waals surface area contributed by atoms with E-state index in [-0.39, 0.29) is 38.0 Å². The van der Waals surface area contributed by atoms with E-state index in [1.165, 1.54) is 167 Å². The third-order valence-corrected chi connectivity index (χ3v) is 16.9. The van der Waals surface area contributed by atoms with Gasteiger partial charge in [-0.05, 0) is 25.7 Å². The molecule has 0 aliphatic rings. The van der Waals surface area contributed by atoms with E-state index in [0.29, 0.717) is 25.7 Å². The van der Waals surface area contributed by atoms with Crippen LogP contribution in [0.15, 0.2) is 0 Å². The topological polar surface area (TPSA) is 316 Å². The number of aliphatic hydroxyl groups excluding tert-OH is 1. The zero-order chi connectivity index (χ0) is 61.9. The van der Waals surface area contributed by atoms with Crippen molar-refractivity contribution in [3.63, 3.8) is 0 Å². The SMILES string of the molecule is CCCCCCCCCCCCCC(=O)OC[C@H](COP(=O)([O-])OCC(O)COP(=O)([O-])OC[C@@H](COC(=O)CCCCCCCCCCCCC)OC(=O)CCCCCCCCCCCCC)OC(=O)CCCCCCCCCCCCC.[NH4+].[NH4+]. The molecule has 0 saturated carbocycles. The van der Waals surface area contributed by atoms with Gasteiger partial charge < -0.3 is 64.2 Å². The first-order chi connectivity index (χ1) is 40.7. The molecule has 2 unspecified atom stereocenters. The lowest BCUT2D eigenvalue weighted by molar-refractivity contribution is -0.233. The fraction of sp³-hybridized carbons (Fsp3) is 0.938. The maximum atomic E-state index is 12.9. The van der Waals surface area contributed by atoms with Gasteiger partial charge in [0.1, 0.15) is 19.3 Å². The molecule has 0 aromatic carbocycles. The first-order valence-electron chi connectivity index (χ1n) is 34.2. The molecule has 0 rings (SSSR count). The molecule has 0 aliphatic heterocycles. The van der Waals surface area contributed by atoms with Crippen LogP contribution in [-0.2, 0) is 65.4 Å². The Morgan fingerprint density at radius 3 is 0.709 bits per heavy atom. The molecule has 0 spiro atoms. The van der Waals surface area contributed by atoms with Crippen molar-refractivity contribution in [1.82, 2.24) is 12.3 Å². The molecule has 0 aromatic rings. The smallest absolute Gasteiger partial charge is 0.306 e. The Balaban J connectivity index is -0.0000344.